The molecule has 2 heterocycles. The lowest BCUT2D eigenvalue weighted by atomic mass is 10.2. The van der Waals surface area contributed by atoms with Crippen LogP contribution in [0.4, 0.5) is 16.3 Å². The maximum atomic E-state index is 12.4. The van der Waals surface area contributed by atoms with E-state index in [0.717, 1.165) is 0 Å². The van der Waals surface area contributed by atoms with Gasteiger partial charge in [0.1, 0.15) is 5.82 Å². The molecule has 1 fully saturated rings. The molecular formula is C19H21Cl2N5O2. The molecule has 0 bridgehead atoms. The maximum Gasteiger partial charge on any atom is 0.319 e. The number of carbonyl (C=O) groups is 2. The molecule has 0 aliphatic carbocycles. The lowest BCUT2D eigenvalue weighted by Crippen LogP contribution is -2.49. The van der Waals surface area contributed by atoms with Crippen LogP contribution in [0.25, 0.3) is 0 Å². The van der Waals surface area contributed by atoms with Crippen molar-refractivity contribution < 1.29 is 9.59 Å². The van der Waals surface area contributed by atoms with Gasteiger partial charge in [-0.1, -0.05) is 41.4 Å². The minimum atomic E-state index is -0.327. The number of para-hydroxylation sites is 1. The molecule has 148 valence electrons. The van der Waals surface area contributed by atoms with Gasteiger partial charge in [0.25, 0.3) is 0 Å². The number of piperazine rings is 1. The number of nitrogens with zero attached hydrogens (tertiary/aromatic N) is 3. The predicted molar refractivity (Wildman–Crippen MR) is 111 cm³/mol. The van der Waals surface area contributed by atoms with Crippen molar-refractivity contribution in [1.82, 2.24) is 15.2 Å². The Hall–Kier alpha value is -2.51. The van der Waals surface area contributed by atoms with Crippen LogP contribution >= 0.6 is 23.2 Å². The van der Waals surface area contributed by atoms with Crippen molar-refractivity contribution >= 4 is 46.6 Å². The summed E-state index contributed by atoms with van der Waals surface area (Å²) in [6, 6.07) is 10.5. The number of aromatic nitrogens is 1. The molecule has 1 aliphatic heterocycles. The molecule has 0 saturated carbocycles. The average molecular weight is 422 g/mol. The second-order valence-electron chi connectivity index (χ2n) is 6.32. The highest BCUT2D eigenvalue weighted by molar-refractivity contribution is 6.36. The molecule has 0 unspecified atom stereocenters. The fourth-order valence-electron chi connectivity index (χ4n) is 2.95. The summed E-state index contributed by atoms with van der Waals surface area (Å²) in [5, 5.41) is 6.41. The first-order chi connectivity index (χ1) is 13.5. The predicted octanol–water partition coefficient (Wildman–Crippen LogP) is 3.25. The fraction of sp³-hybridized carbons (Fsp3) is 0.316. The van der Waals surface area contributed by atoms with Gasteiger partial charge in [-0.15, -0.1) is 0 Å². The maximum absolute atomic E-state index is 12.4. The van der Waals surface area contributed by atoms with Gasteiger partial charge in [-0.2, -0.15) is 0 Å². The van der Waals surface area contributed by atoms with Crippen LogP contribution < -0.4 is 15.5 Å². The number of nitrogens with one attached hydrogen (secondary N) is 2. The molecule has 2 aromatic rings. The van der Waals surface area contributed by atoms with E-state index >= 15 is 0 Å². The monoisotopic (exact) mass is 421 g/mol. The summed E-state index contributed by atoms with van der Waals surface area (Å²) in [6.07, 6.45) is 1.81. The second kappa shape index (κ2) is 9.61. The zero-order valence-corrected chi connectivity index (χ0v) is 16.7. The Morgan fingerprint density at radius 3 is 2.46 bits per heavy atom. The molecule has 2 N–H and O–H groups in total. The third-order valence-corrected chi connectivity index (χ3v) is 4.86. The highest BCUT2D eigenvalue weighted by Crippen LogP contribution is 2.26. The van der Waals surface area contributed by atoms with Gasteiger partial charge in [-0.3, -0.25) is 4.79 Å². The molecule has 0 atom stereocenters. The van der Waals surface area contributed by atoms with E-state index in [2.05, 4.69) is 15.6 Å². The molecule has 3 rings (SSSR count). The summed E-state index contributed by atoms with van der Waals surface area (Å²) in [4.78, 5) is 32.3. The van der Waals surface area contributed by atoms with Crippen LogP contribution in [-0.4, -0.2) is 54.5 Å². The van der Waals surface area contributed by atoms with Gasteiger partial charge in [0.15, 0.2) is 0 Å². The number of hydrogen-bond acceptors (Lipinski definition) is 4. The van der Waals surface area contributed by atoms with Gasteiger partial charge in [0.05, 0.1) is 10.0 Å². The van der Waals surface area contributed by atoms with Crippen LogP contribution in [0.15, 0.2) is 42.6 Å². The lowest BCUT2D eigenvalue weighted by Gasteiger charge is -2.35. The highest BCUT2D eigenvalue weighted by atomic mass is 35.5. The van der Waals surface area contributed by atoms with Gasteiger partial charge in [0.2, 0.25) is 5.91 Å². The molecule has 9 heteroatoms. The van der Waals surface area contributed by atoms with Crippen molar-refractivity contribution in [3.8, 4) is 0 Å². The lowest BCUT2D eigenvalue weighted by molar-refractivity contribution is -0.131. The van der Waals surface area contributed by atoms with Crippen molar-refractivity contribution in [1.29, 1.82) is 0 Å². The first kappa shape index (κ1) is 20.2. The summed E-state index contributed by atoms with van der Waals surface area (Å²) in [7, 11) is 0. The van der Waals surface area contributed by atoms with Crippen LogP contribution in [0.2, 0.25) is 10.0 Å². The van der Waals surface area contributed by atoms with Crippen molar-refractivity contribution in [2.24, 2.45) is 0 Å². The number of rotatable bonds is 5. The third kappa shape index (κ3) is 5.50. The van der Waals surface area contributed by atoms with Crippen LogP contribution in [-0.2, 0) is 4.79 Å². The quantitative estimate of drug-likeness (QED) is 0.776. The van der Waals surface area contributed by atoms with E-state index in [-0.39, 0.29) is 24.9 Å². The van der Waals surface area contributed by atoms with Crippen molar-refractivity contribution in [3.63, 3.8) is 0 Å². The zero-order valence-electron chi connectivity index (χ0n) is 15.2. The number of amides is 3. The van der Waals surface area contributed by atoms with Crippen LogP contribution in [0, 0.1) is 0 Å². The van der Waals surface area contributed by atoms with Crippen molar-refractivity contribution in [3.05, 3.63) is 52.6 Å². The summed E-state index contributed by atoms with van der Waals surface area (Å²) in [5.41, 5.74) is 0.705. The van der Waals surface area contributed by atoms with Gasteiger partial charge in [0, 0.05) is 51.0 Å². The van der Waals surface area contributed by atoms with E-state index < -0.39 is 0 Å². The van der Waals surface area contributed by atoms with Crippen LogP contribution in [0.5, 0.6) is 0 Å². The number of hydrogen-bond donors (Lipinski definition) is 2. The molecular weight excluding hydrogens is 401 g/mol. The number of halogens is 2. The minimum Gasteiger partial charge on any atom is -0.352 e. The Morgan fingerprint density at radius 1 is 1.07 bits per heavy atom. The van der Waals surface area contributed by atoms with E-state index in [9.17, 15) is 9.59 Å². The SMILES string of the molecule is O=C(NCCC(=O)N1CCN(c2ncc(Cl)cc2Cl)CC1)Nc1ccccc1. The normalized spacial score (nSPS) is 13.9. The van der Waals surface area contributed by atoms with E-state index in [0.29, 0.717) is 47.7 Å². The largest absolute Gasteiger partial charge is 0.352 e. The second-order valence-corrected chi connectivity index (χ2v) is 7.17. The molecule has 3 amide bonds. The Balaban J connectivity index is 1.39. The molecule has 0 radical (unpaired) electrons. The van der Waals surface area contributed by atoms with Crippen molar-refractivity contribution in [2.75, 3.05) is 42.9 Å². The standard InChI is InChI=1S/C19H21Cl2N5O2/c20-14-12-16(21)18(23-13-14)26-10-8-25(9-11-26)17(27)6-7-22-19(28)24-15-4-2-1-3-5-15/h1-5,12-13H,6-11H2,(H2,22,24,28). The summed E-state index contributed by atoms with van der Waals surface area (Å²) in [5.74, 6) is 0.687. The van der Waals surface area contributed by atoms with Gasteiger partial charge < -0.3 is 20.4 Å². The van der Waals surface area contributed by atoms with E-state index in [1.807, 2.05) is 23.1 Å². The first-order valence-electron chi connectivity index (χ1n) is 8.96. The third-order valence-electron chi connectivity index (χ3n) is 4.38. The van der Waals surface area contributed by atoms with E-state index in [1.54, 1.807) is 29.3 Å². The van der Waals surface area contributed by atoms with Crippen LogP contribution in [0.1, 0.15) is 6.42 Å². The Bertz CT molecular complexity index is 826. The molecule has 1 aliphatic rings. The Labute approximate surface area is 173 Å². The first-order valence-corrected chi connectivity index (χ1v) is 9.72. The Morgan fingerprint density at radius 2 is 1.79 bits per heavy atom. The molecule has 7 nitrogen and oxygen atoms in total. The molecule has 28 heavy (non-hydrogen) atoms. The highest BCUT2D eigenvalue weighted by Gasteiger charge is 2.23. The fourth-order valence-corrected chi connectivity index (χ4v) is 3.45. The summed E-state index contributed by atoms with van der Waals surface area (Å²) in [6.45, 7) is 2.72. The molecule has 1 aromatic heterocycles. The van der Waals surface area contributed by atoms with Gasteiger partial charge in [-0.25, -0.2) is 9.78 Å². The number of pyridine rings is 1. The number of benzene rings is 1. The topological polar surface area (TPSA) is 77.6 Å². The molecule has 0 spiro atoms. The number of carbonyl (C=O) groups excluding carboxylic acids is 2. The summed E-state index contributed by atoms with van der Waals surface area (Å²) < 4.78 is 0. The van der Waals surface area contributed by atoms with Gasteiger partial charge in [-0.05, 0) is 18.2 Å². The minimum absolute atomic E-state index is 0.00910. The van der Waals surface area contributed by atoms with E-state index in [4.69, 9.17) is 23.2 Å². The Kier molecular flexibility index (Phi) is 6.95. The number of urea groups is 1. The smallest absolute Gasteiger partial charge is 0.319 e. The van der Waals surface area contributed by atoms with Crippen LogP contribution in [0.3, 0.4) is 0 Å². The van der Waals surface area contributed by atoms with Gasteiger partial charge >= 0.3 is 6.03 Å². The van der Waals surface area contributed by atoms with Crippen molar-refractivity contribution in [2.45, 2.75) is 6.42 Å². The van der Waals surface area contributed by atoms with E-state index in [1.165, 1.54) is 0 Å². The zero-order chi connectivity index (χ0) is 19.9. The number of anilines is 2. The summed E-state index contributed by atoms with van der Waals surface area (Å²) >= 11 is 12.1. The molecule has 1 aromatic carbocycles. The average Bonchev–Trinajstić information content (AvgIpc) is 2.69. The molecule has 1 saturated heterocycles.